The smallest absolute Gasteiger partial charge is 0.230 e. The molecule has 1 saturated carbocycles. The zero-order chi connectivity index (χ0) is 11.8. The largest absolute Gasteiger partial charge is 0.339 e. The van der Waals surface area contributed by atoms with E-state index in [9.17, 15) is 4.79 Å². The Bertz CT molecular complexity index is 275. The summed E-state index contributed by atoms with van der Waals surface area (Å²) in [6, 6.07) is 0.520. The van der Waals surface area contributed by atoms with Crippen molar-refractivity contribution in [3.05, 3.63) is 0 Å². The second-order valence-electron chi connectivity index (χ2n) is 5.28. The Kier molecular flexibility index (Phi) is 3.22. The SMILES string of the molecule is CCC1CN(C(=O)C2(CN)CC2)CCN1C. The Morgan fingerprint density at radius 2 is 2.12 bits per heavy atom. The van der Waals surface area contributed by atoms with Crippen molar-refractivity contribution in [3.63, 3.8) is 0 Å². The highest BCUT2D eigenvalue weighted by atomic mass is 16.2. The summed E-state index contributed by atoms with van der Waals surface area (Å²) in [5.74, 6) is 0.307. The number of hydrogen-bond acceptors (Lipinski definition) is 3. The first-order chi connectivity index (χ1) is 7.63. The fourth-order valence-corrected chi connectivity index (χ4v) is 2.56. The zero-order valence-electron chi connectivity index (χ0n) is 10.4. The van der Waals surface area contributed by atoms with Crippen molar-refractivity contribution >= 4 is 5.91 Å². The van der Waals surface area contributed by atoms with Gasteiger partial charge in [0.05, 0.1) is 5.41 Å². The van der Waals surface area contributed by atoms with Crippen molar-refractivity contribution in [1.29, 1.82) is 0 Å². The summed E-state index contributed by atoms with van der Waals surface area (Å²) in [6.07, 6.45) is 3.09. The molecule has 1 aliphatic heterocycles. The molecule has 2 fully saturated rings. The highest BCUT2D eigenvalue weighted by molar-refractivity contribution is 5.85. The van der Waals surface area contributed by atoms with E-state index in [1.165, 1.54) is 0 Å². The third-order valence-corrected chi connectivity index (χ3v) is 4.23. The van der Waals surface area contributed by atoms with Crippen molar-refractivity contribution in [2.24, 2.45) is 11.1 Å². The summed E-state index contributed by atoms with van der Waals surface area (Å²) in [5, 5.41) is 0. The summed E-state index contributed by atoms with van der Waals surface area (Å²) in [6.45, 7) is 5.45. The van der Waals surface area contributed by atoms with E-state index in [0.29, 0.717) is 18.5 Å². The van der Waals surface area contributed by atoms with Gasteiger partial charge in [0.1, 0.15) is 0 Å². The molecule has 92 valence electrons. The second kappa shape index (κ2) is 4.34. The number of nitrogens with zero attached hydrogens (tertiary/aromatic N) is 2. The number of carbonyl (C=O) groups is 1. The second-order valence-corrected chi connectivity index (χ2v) is 5.28. The monoisotopic (exact) mass is 225 g/mol. The van der Waals surface area contributed by atoms with E-state index in [0.717, 1.165) is 38.9 Å². The summed E-state index contributed by atoms with van der Waals surface area (Å²) in [5.41, 5.74) is 5.54. The lowest BCUT2D eigenvalue weighted by atomic mass is 10.0. The van der Waals surface area contributed by atoms with Crippen LogP contribution in [0.15, 0.2) is 0 Å². The molecule has 1 aliphatic carbocycles. The molecule has 4 nitrogen and oxygen atoms in total. The first-order valence-corrected chi connectivity index (χ1v) is 6.32. The van der Waals surface area contributed by atoms with Crippen LogP contribution in [0, 0.1) is 5.41 Å². The van der Waals surface area contributed by atoms with Gasteiger partial charge in [-0.25, -0.2) is 0 Å². The maximum Gasteiger partial charge on any atom is 0.230 e. The van der Waals surface area contributed by atoms with Gasteiger partial charge in [-0.2, -0.15) is 0 Å². The van der Waals surface area contributed by atoms with Crippen LogP contribution >= 0.6 is 0 Å². The van der Waals surface area contributed by atoms with Crippen LogP contribution in [0.4, 0.5) is 0 Å². The maximum atomic E-state index is 12.3. The van der Waals surface area contributed by atoms with Gasteiger partial charge in [0.15, 0.2) is 0 Å². The third-order valence-electron chi connectivity index (χ3n) is 4.23. The molecule has 4 heteroatoms. The van der Waals surface area contributed by atoms with Crippen LogP contribution < -0.4 is 5.73 Å². The molecule has 0 aromatic carbocycles. The fourth-order valence-electron chi connectivity index (χ4n) is 2.56. The molecular formula is C12H23N3O. The lowest BCUT2D eigenvalue weighted by Crippen LogP contribution is -2.55. The van der Waals surface area contributed by atoms with E-state index in [4.69, 9.17) is 5.73 Å². The van der Waals surface area contributed by atoms with Crippen LogP contribution in [0.25, 0.3) is 0 Å². The van der Waals surface area contributed by atoms with Gasteiger partial charge in [0.2, 0.25) is 5.91 Å². The van der Waals surface area contributed by atoms with Crippen molar-refractivity contribution in [2.75, 3.05) is 33.2 Å². The quantitative estimate of drug-likeness (QED) is 0.750. The number of nitrogens with two attached hydrogens (primary N) is 1. The van der Waals surface area contributed by atoms with Crippen LogP contribution in [0.5, 0.6) is 0 Å². The van der Waals surface area contributed by atoms with Crippen LogP contribution in [0.3, 0.4) is 0 Å². The number of likely N-dealkylation sites (N-methyl/N-ethyl adjacent to an activating group) is 1. The fraction of sp³-hybridized carbons (Fsp3) is 0.917. The van der Waals surface area contributed by atoms with Crippen LogP contribution in [0.1, 0.15) is 26.2 Å². The molecule has 2 N–H and O–H groups in total. The highest BCUT2D eigenvalue weighted by Crippen LogP contribution is 2.46. The molecule has 0 aromatic heterocycles. The first-order valence-electron chi connectivity index (χ1n) is 6.32. The van der Waals surface area contributed by atoms with Crippen LogP contribution in [-0.2, 0) is 4.79 Å². The summed E-state index contributed by atoms with van der Waals surface area (Å²) < 4.78 is 0. The van der Waals surface area contributed by atoms with Crippen molar-refractivity contribution in [2.45, 2.75) is 32.2 Å². The molecular weight excluding hydrogens is 202 g/mol. The molecule has 1 unspecified atom stereocenters. The van der Waals surface area contributed by atoms with E-state index < -0.39 is 0 Å². The van der Waals surface area contributed by atoms with E-state index in [-0.39, 0.29) is 5.41 Å². The predicted octanol–water partition coefficient (Wildman–Crippen LogP) is 0.278. The molecule has 0 radical (unpaired) electrons. The Balaban J connectivity index is 1.98. The van der Waals surface area contributed by atoms with Gasteiger partial charge in [0.25, 0.3) is 0 Å². The minimum absolute atomic E-state index is 0.172. The number of amides is 1. The Labute approximate surface area is 97.8 Å². The van der Waals surface area contributed by atoms with E-state index >= 15 is 0 Å². The first kappa shape index (κ1) is 11.9. The van der Waals surface area contributed by atoms with E-state index in [1.54, 1.807) is 0 Å². The molecule has 2 rings (SSSR count). The minimum atomic E-state index is -0.172. The number of rotatable bonds is 3. The lowest BCUT2D eigenvalue weighted by Gasteiger charge is -2.40. The Hall–Kier alpha value is -0.610. The molecule has 1 heterocycles. The van der Waals surface area contributed by atoms with Gasteiger partial charge in [-0.15, -0.1) is 0 Å². The zero-order valence-corrected chi connectivity index (χ0v) is 10.4. The van der Waals surface area contributed by atoms with Gasteiger partial charge < -0.3 is 10.6 Å². The van der Waals surface area contributed by atoms with Gasteiger partial charge >= 0.3 is 0 Å². The molecule has 2 aliphatic rings. The standard InChI is InChI=1S/C12H23N3O/c1-3-10-8-15(7-6-14(10)2)11(16)12(9-13)4-5-12/h10H,3-9,13H2,1-2H3. The lowest BCUT2D eigenvalue weighted by molar-refractivity contribution is -0.139. The number of piperazine rings is 1. The van der Waals surface area contributed by atoms with Crippen molar-refractivity contribution < 1.29 is 4.79 Å². The topological polar surface area (TPSA) is 49.6 Å². The van der Waals surface area contributed by atoms with Gasteiger partial charge in [-0.05, 0) is 26.3 Å². The molecule has 1 atom stereocenters. The van der Waals surface area contributed by atoms with Gasteiger partial charge in [0, 0.05) is 32.2 Å². The average Bonchev–Trinajstić information content (AvgIpc) is 3.09. The van der Waals surface area contributed by atoms with Crippen molar-refractivity contribution in [3.8, 4) is 0 Å². The highest BCUT2D eigenvalue weighted by Gasteiger charge is 2.51. The molecule has 1 amide bonds. The van der Waals surface area contributed by atoms with Gasteiger partial charge in [-0.1, -0.05) is 6.92 Å². The van der Waals surface area contributed by atoms with Crippen LogP contribution in [0.2, 0.25) is 0 Å². The normalized spacial score (nSPS) is 29.2. The summed E-state index contributed by atoms with van der Waals surface area (Å²) in [7, 11) is 2.14. The molecule has 1 saturated heterocycles. The average molecular weight is 225 g/mol. The van der Waals surface area contributed by atoms with E-state index in [2.05, 4.69) is 18.9 Å². The summed E-state index contributed by atoms with van der Waals surface area (Å²) >= 11 is 0. The number of hydrogen-bond donors (Lipinski definition) is 1. The molecule has 0 spiro atoms. The third kappa shape index (κ3) is 1.96. The maximum absolute atomic E-state index is 12.3. The van der Waals surface area contributed by atoms with Crippen LogP contribution in [-0.4, -0.2) is 55.0 Å². The van der Waals surface area contributed by atoms with Crippen molar-refractivity contribution in [1.82, 2.24) is 9.80 Å². The minimum Gasteiger partial charge on any atom is -0.339 e. The van der Waals surface area contributed by atoms with Gasteiger partial charge in [-0.3, -0.25) is 9.69 Å². The van der Waals surface area contributed by atoms with E-state index in [1.807, 2.05) is 4.90 Å². The Morgan fingerprint density at radius 3 is 2.62 bits per heavy atom. The summed E-state index contributed by atoms with van der Waals surface area (Å²) in [4.78, 5) is 16.7. The molecule has 0 aromatic rings. The number of carbonyl (C=O) groups excluding carboxylic acids is 1. The molecule has 16 heavy (non-hydrogen) atoms. The molecule has 0 bridgehead atoms. The predicted molar refractivity (Wildman–Crippen MR) is 64.0 cm³/mol. The Morgan fingerprint density at radius 1 is 1.44 bits per heavy atom.